The monoisotopic (exact) mass is 314 g/mol. The molecule has 114 valence electrons. The molecule has 2 heterocycles. The Morgan fingerprint density at radius 1 is 1.27 bits per heavy atom. The first-order chi connectivity index (χ1) is 10.5. The lowest BCUT2D eigenvalue weighted by molar-refractivity contribution is 0.0954. The maximum Gasteiger partial charge on any atom is 0.265 e. The number of benzene rings is 1. The van der Waals surface area contributed by atoms with Crippen LogP contribution in [0.5, 0.6) is 0 Å². The van der Waals surface area contributed by atoms with Crippen LogP contribution in [-0.2, 0) is 6.54 Å². The maximum absolute atomic E-state index is 12.2. The fraction of sp³-hybridized carbons (Fsp3) is 0.312. The Kier molecular flexibility index (Phi) is 3.70. The van der Waals surface area contributed by atoms with Crippen molar-refractivity contribution in [3.8, 4) is 0 Å². The van der Waals surface area contributed by atoms with Crippen molar-refractivity contribution in [1.82, 2.24) is 19.9 Å². The molecule has 0 unspecified atom stereocenters. The number of aromatic nitrogens is 3. The van der Waals surface area contributed by atoms with Gasteiger partial charge in [-0.05, 0) is 56.4 Å². The second kappa shape index (κ2) is 5.53. The minimum atomic E-state index is -0.123. The average molecular weight is 314 g/mol. The molecule has 1 aromatic carbocycles. The summed E-state index contributed by atoms with van der Waals surface area (Å²) in [7, 11) is 0. The minimum absolute atomic E-state index is 0.123. The molecule has 6 heteroatoms. The van der Waals surface area contributed by atoms with Crippen LogP contribution in [0.15, 0.2) is 12.1 Å². The lowest BCUT2D eigenvalue weighted by Gasteiger charge is -2.07. The molecule has 0 saturated carbocycles. The molecule has 2 aromatic heterocycles. The molecule has 0 aliphatic heterocycles. The van der Waals surface area contributed by atoms with E-state index in [1.54, 1.807) is 6.92 Å². The molecule has 0 aliphatic rings. The Hall–Kier alpha value is -2.21. The number of hydrogen-bond acceptors (Lipinski definition) is 4. The van der Waals surface area contributed by atoms with E-state index in [4.69, 9.17) is 0 Å². The number of aryl methyl sites for hydroxylation is 4. The van der Waals surface area contributed by atoms with Crippen molar-refractivity contribution in [3.05, 3.63) is 45.1 Å². The fourth-order valence-corrected chi connectivity index (χ4v) is 3.20. The summed E-state index contributed by atoms with van der Waals surface area (Å²) in [4.78, 5) is 16.2. The van der Waals surface area contributed by atoms with Crippen LogP contribution in [0.4, 0.5) is 0 Å². The van der Waals surface area contributed by atoms with Crippen LogP contribution in [0.3, 0.4) is 0 Å². The summed E-state index contributed by atoms with van der Waals surface area (Å²) in [6, 6.07) is 4.28. The number of carbonyl (C=O) groups excluding carboxylic acids is 1. The van der Waals surface area contributed by atoms with Crippen LogP contribution in [0.2, 0.25) is 0 Å². The molecule has 0 aliphatic carbocycles. The molecule has 0 bridgehead atoms. The van der Waals surface area contributed by atoms with E-state index in [1.165, 1.54) is 16.5 Å². The number of hydrogen-bond donors (Lipinski definition) is 2. The van der Waals surface area contributed by atoms with Crippen molar-refractivity contribution in [3.63, 3.8) is 0 Å². The third kappa shape index (κ3) is 2.50. The zero-order chi connectivity index (χ0) is 15.9. The van der Waals surface area contributed by atoms with Gasteiger partial charge in [0, 0.05) is 17.6 Å². The first-order valence-electron chi connectivity index (χ1n) is 7.13. The zero-order valence-electron chi connectivity index (χ0n) is 13.1. The van der Waals surface area contributed by atoms with E-state index in [9.17, 15) is 4.79 Å². The molecular formula is C16H18N4OS. The van der Waals surface area contributed by atoms with Crippen LogP contribution in [-0.4, -0.2) is 20.5 Å². The average Bonchev–Trinajstić information content (AvgIpc) is 3.02. The normalized spacial score (nSPS) is 11.1. The van der Waals surface area contributed by atoms with Crippen molar-refractivity contribution < 1.29 is 4.79 Å². The highest BCUT2D eigenvalue weighted by Gasteiger charge is 2.14. The van der Waals surface area contributed by atoms with Gasteiger partial charge in [0.15, 0.2) is 0 Å². The summed E-state index contributed by atoms with van der Waals surface area (Å²) in [5.74, 6) is -0.123. The molecule has 5 nitrogen and oxygen atoms in total. The Balaban J connectivity index is 1.90. The Morgan fingerprint density at radius 3 is 2.73 bits per heavy atom. The van der Waals surface area contributed by atoms with E-state index in [0.29, 0.717) is 17.1 Å². The Morgan fingerprint density at radius 2 is 2.05 bits per heavy atom. The van der Waals surface area contributed by atoms with Gasteiger partial charge in [0.05, 0.1) is 11.2 Å². The van der Waals surface area contributed by atoms with Gasteiger partial charge in [-0.3, -0.25) is 4.79 Å². The molecule has 1 amide bonds. The number of nitrogens with one attached hydrogen (secondary N) is 2. The van der Waals surface area contributed by atoms with Crippen molar-refractivity contribution in [2.45, 2.75) is 34.2 Å². The fourth-order valence-electron chi connectivity index (χ4n) is 2.62. The van der Waals surface area contributed by atoms with Crippen LogP contribution < -0.4 is 5.32 Å². The van der Waals surface area contributed by atoms with E-state index >= 15 is 0 Å². The molecule has 2 N–H and O–H groups in total. The van der Waals surface area contributed by atoms with E-state index in [-0.39, 0.29) is 5.91 Å². The van der Waals surface area contributed by atoms with E-state index in [0.717, 1.165) is 28.3 Å². The number of amides is 1. The third-order valence-corrected chi connectivity index (χ3v) is 4.77. The highest BCUT2D eigenvalue weighted by Crippen LogP contribution is 2.26. The SMILES string of the molecule is Cc1cc(CNC(=O)c2snnc2C)c2[nH]c(C)c(C)c2c1. The highest BCUT2D eigenvalue weighted by atomic mass is 32.1. The molecule has 3 rings (SSSR count). The van der Waals surface area contributed by atoms with Gasteiger partial charge in [-0.2, -0.15) is 0 Å². The number of H-pyrrole nitrogens is 1. The molecule has 0 fully saturated rings. The van der Waals surface area contributed by atoms with Gasteiger partial charge in [0.1, 0.15) is 4.88 Å². The van der Waals surface area contributed by atoms with Crippen molar-refractivity contribution in [2.24, 2.45) is 0 Å². The summed E-state index contributed by atoms with van der Waals surface area (Å²) in [6.45, 7) is 8.53. The van der Waals surface area contributed by atoms with Gasteiger partial charge in [-0.15, -0.1) is 5.10 Å². The summed E-state index contributed by atoms with van der Waals surface area (Å²) >= 11 is 1.13. The Bertz CT molecular complexity index is 863. The molecule has 0 atom stereocenters. The summed E-state index contributed by atoms with van der Waals surface area (Å²) < 4.78 is 3.80. The molecular weight excluding hydrogens is 296 g/mol. The minimum Gasteiger partial charge on any atom is -0.358 e. The quantitative estimate of drug-likeness (QED) is 0.780. The second-order valence-electron chi connectivity index (χ2n) is 5.59. The summed E-state index contributed by atoms with van der Waals surface area (Å²) in [5, 5.41) is 8.05. The smallest absolute Gasteiger partial charge is 0.265 e. The van der Waals surface area contributed by atoms with Crippen LogP contribution in [0, 0.1) is 27.7 Å². The number of aromatic amines is 1. The lowest BCUT2D eigenvalue weighted by Crippen LogP contribution is -2.22. The van der Waals surface area contributed by atoms with E-state index < -0.39 is 0 Å². The Labute approximate surface area is 132 Å². The molecule has 22 heavy (non-hydrogen) atoms. The summed E-state index contributed by atoms with van der Waals surface area (Å²) in [6.07, 6.45) is 0. The molecule has 0 spiro atoms. The van der Waals surface area contributed by atoms with Crippen LogP contribution in [0.1, 0.15) is 37.7 Å². The number of nitrogens with zero attached hydrogens (tertiary/aromatic N) is 2. The third-order valence-electron chi connectivity index (χ3n) is 3.94. The number of rotatable bonds is 3. The zero-order valence-corrected chi connectivity index (χ0v) is 13.9. The number of fused-ring (bicyclic) bond motifs is 1. The van der Waals surface area contributed by atoms with Crippen LogP contribution >= 0.6 is 11.5 Å². The first kappa shape index (κ1) is 14.7. The van der Waals surface area contributed by atoms with E-state index in [2.05, 4.69) is 52.8 Å². The largest absolute Gasteiger partial charge is 0.358 e. The maximum atomic E-state index is 12.2. The number of carbonyl (C=O) groups is 1. The van der Waals surface area contributed by atoms with Gasteiger partial charge in [-0.1, -0.05) is 16.1 Å². The van der Waals surface area contributed by atoms with Crippen molar-refractivity contribution >= 4 is 28.3 Å². The lowest BCUT2D eigenvalue weighted by atomic mass is 10.0. The van der Waals surface area contributed by atoms with Gasteiger partial charge in [0.2, 0.25) is 0 Å². The van der Waals surface area contributed by atoms with Gasteiger partial charge in [0.25, 0.3) is 5.91 Å². The van der Waals surface area contributed by atoms with Gasteiger partial charge < -0.3 is 10.3 Å². The van der Waals surface area contributed by atoms with E-state index in [1.807, 2.05) is 0 Å². The van der Waals surface area contributed by atoms with Gasteiger partial charge in [-0.25, -0.2) is 0 Å². The standard InChI is InChI=1S/C16H18N4OS/c1-8-5-12(14-13(6-8)9(2)10(3)18-14)7-17-16(21)15-11(4)19-20-22-15/h5-6,18H,7H2,1-4H3,(H,17,21). The predicted octanol–water partition coefficient (Wildman–Crippen LogP) is 3.18. The summed E-state index contributed by atoms with van der Waals surface area (Å²) in [5.41, 5.74) is 6.47. The second-order valence-corrected chi connectivity index (χ2v) is 6.35. The molecule has 0 saturated heterocycles. The molecule has 0 radical (unpaired) electrons. The van der Waals surface area contributed by atoms with Gasteiger partial charge >= 0.3 is 0 Å². The predicted molar refractivity (Wildman–Crippen MR) is 88.3 cm³/mol. The molecule has 3 aromatic rings. The van der Waals surface area contributed by atoms with Crippen LogP contribution in [0.25, 0.3) is 10.9 Å². The first-order valence-corrected chi connectivity index (χ1v) is 7.90. The van der Waals surface area contributed by atoms with Crippen molar-refractivity contribution in [2.75, 3.05) is 0 Å². The topological polar surface area (TPSA) is 70.7 Å². The van der Waals surface area contributed by atoms with Crippen molar-refractivity contribution in [1.29, 1.82) is 0 Å². The highest BCUT2D eigenvalue weighted by molar-refractivity contribution is 7.07.